The molecule has 282 valence electrons. The summed E-state index contributed by atoms with van der Waals surface area (Å²) in [5, 5.41) is 0. The molecule has 5 rings (SSSR count). The fourth-order valence-electron chi connectivity index (χ4n) is 6.95. The van der Waals surface area contributed by atoms with Gasteiger partial charge in [-0.1, -0.05) is 34.1 Å². The number of hydrogen-bond acceptors (Lipinski definition) is 9. The number of amides is 1. The van der Waals surface area contributed by atoms with Crippen LogP contribution in [0.2, 0.25) is 0 Å². The number of alkyl halides is 5. The van der Waals surface area contributed by atoms with Gasteiger partial charge in [0.25, 0.3) is 5.92 Å². The molecule has 1 saturated carbocycles. The lowest BCUT2D eigenvalue weighted by molar-refractivity contribution is -0.274. The van der Waals surface area contributed by atoms with Crippen molar-refractivity contribution in [3.8, 4) is 11.6 Å². The first-order valence-corrected chi connectivity index (χ1v) is 17.4. The van der Waals surface area contributed by atoms with Gasteiger partial charge in [0.1, 0.15) is 29.6 Å². The van der Waals surface area contributed by atoms with E-state index >= 15 is 8.78 Å². The molecule has 0 spiro atoms. The number of ether oxygens (including phenoxy) is 4. The van der Waals surface area contributed by atoms with E-state index in [1.54, 1.807) is 48.5 Å². The Morgan fingerprint density at radius 3 is 2.33 bits per heavy atom. The van der Waals surface area contributed by atoms with Crippen LogP contribution in [0, 0.1) is 23.2 Å². The van der Waals surface area contributed by atoms with E-state index in [1.807, 2.05) is 0 Å². The van der Waals surface area contributed by atoms with Gasteiger partial charge in [-0.05, 0) is 69.9 Å². The van der Waals surface area contributed by atoms with E-state index < -0.39 is 88.9 Å². The van der Waals surface area contributed by atoms with Crippen molar-refractivity contribution in [1.82, 2.24) is 14.9 Å². The number of benzene rings is 1. The first kappa shape index (κ1) is 38.5. The Bertz CT molecular complexity index is 1640. The fraction of sp³-hybridized carbons (Fsp3) is 0.694. The SMILES string of the molecule is CC[C@@H]1[C@@H]2CN(C(=O)[C@H](C(C)(C)C)CC(=O)O[C@@H]3C[C@H]3CCCCC(F)(F)c3nc4ccc(OC(F)(F)F)cc4nc3O2)[C@@H]1C(=O)OC(C)(C)C. The minimum absolute atomic E-state index is 0.0129. The zero-order chi connectivity index (χ0) is 37.7. The van der Waals surface area contributed by atoms with Crippen molar-refractivity contribution in [3.05, 3.63) is 23.9 Å². The molecule has 51 heavy (non-hydrogen) atoms. The molecule has 10 nitrogen and oxygen atoms in total. The second kappa shape index (κ2) is 14.0. The highest BCUT2D eigenvalue weighted by Crippen LogP contribution is 2.44. The number of hydrogen-bond donors (Lipinski definition) is 0. The molecule has 1 amide bonds. The Morgan fingerprint density at radius 2 is 1.71 bits per heavy atom. The zero-order valence-electron chi connectivity index (χ0n) is 29.9. The van der Waals surface area contributed by atoms with Crippen LogP contribution in [-0.4, -0.2) is 69.5 Å². The predicted molar refractivity (Wildman–Crippen MR) is 174 cm³/mol. The molecule has 3 aliphatic rings. The number of halogens is 5. The molecule has 0 radical (unpaired) electrons. The largest absolute Gasteiger partial charge is 0.573 e. The van der Waals surface area contributed by atoms with E-state index in [9.17, 15) is 27.6 Å². The summed E-state index contributed by atoms with van der Waals surface area (Å²) in [6.07, 6.45) is -5.44. The third-order valence-electron chi connectivity index (χ3n) is 9.62. The van der Waals surface area contributed by atoms with Crippen molar-refractivity contribution in [3.63, 3.8) is 0 Å². The van der Waals surface area contributed by atoms with Gasteiger partial charge in [0.15, 0.2) is 5.69 Å². The predicted octanol–water partition coefficient (Wildman–Crippen LogP) is 7.50. The van der Waals surface area contributed by atoms with Crippen molar-refractivity contribution in [2.75, 3.05) is 6.54 Å². The summed E-state index contributed by atoms with van der Waals surface area (Å²) in [6, 6.07) is 1.77. The van der Waals surface area contributed by atoms with Gasteiger partial charge in [0.05, 0.1) is 29.9 Å². The summed E-state index contributed by atoms with van der Waals surface area (Å²) in [5.41, 5.74) is -2.80. The Hall–Kier alpha value is -3.78. The maximum Gasteiger partial charge on any atom is 0.573 e. The van der Waals surface area contributed by atoms with Crippen molar-refractivity contribution in [1.29, 1.82) is 0 Å². The minimum atomic E-state index is -5.01. The Morgan fingerprint density at radius 1 is 1.00 bits per heavy atom. The lowest BCUT2D eigenvalue weighted by Gasteiger charge is -2.35. The maximum absolute atomic E-state index is 16.1. The number of nitrogens with zero attached hydrogens (tertiary/aromatic N) is 3. The fourth-order valence-corrected chi connectivity index (χ4v) is 6.95. The van der Waals surface area contributed by atoms with Gasteiger partial charge in [0.2, 0.25) is 11.8 Å². The Labute approximate surface area is 293 Å². The van der Waals surface area contributed by atoms with Crippen LogP contribution in [0.4, 0.5) is 22.0 Å². The van der Waals surface area contributed by atoms with Crippen molar-refractivity contribution >= 4 is 28.9 Å². The van der Waals surface area contributed by atoms with E-state index in [-0.39, 0.29) is 48.9 Å². The van der Waals surface area contributed by atoms with Crippen LogP contribution >= 0.6 is 0 Å². The monoisotopic (exact) mass is 727 g/mol. The van der Waals surface area contributed by atoms with Crippen LogP contribution in [0.15, 0.2) is 18.2 Å². The first-order valence-electron chi connectivity index (χ1n) is 17.4. The average molecular weight is 728 g/mol. The summed E-state index contributed by atoms with van der Waals surface area (Å²) >= 11 is 0. The second-order valence-electron chi connectivity index (χ2n) is 15.9. The number of aromatic nitrogens is 2. The van der Waals surface area contributed by atoms with Crippen LogP contribution in [-0.2, 0) is 29.8 Å². The number of fused-ring (bicyclic) bond motifs is 5. The summed E-state index contributed by atoms with van der Waals surface area (Å²) in [7, 11) is 0. The van der Waals surface area contributed by atoms with Crippen LogP contribution in [0.25, 0.3) is 11.0 Å². The smallest absolute Gasteiger partial charge is 0.471 e. The molecule has 2 aromatic rings. The van der Waals surface area contributed by atoms with Crippen LogP contribution in [0.1, 0.15) is 99.1 Å². The summed E-state index contributed by atoms with van der Waals surface area (Å²) in [6.45, 7) is 11.9. The van der Waals surface area contributed by atoms with E-state index in [0.717, 1.165) is 18.2 Å². The number of carbonyl (C=O) groups is 3. The van der Waals surface area contributed by atoms with Crippen molar-refractivity contribution < 1.29 is 55.3 Å². The molecular weight excluding hydrogens is 681 g/mol. The second-order valence-corrected chi connectivity index (χ2v) is 15.9. The van der Waals surface area contributed by atoms with E-state index in [1.165, 1.54) is 4.90 Å². The lowest BCUT2D eigenvalue weighted by atomic mass is 9.77. The standard InChI is InChI=1S/C36H46F5N3O7/c1-8-21-26-18-44(28(21)32(47)51-34(5,6)7)31(46)22(33(2,3)4)17-27(45)48-25-15-19(25)11-9-10-14-35(37,38)29-30(49-26)43-24-16-20(50-36(39,40)41)12-13-23(24)42-29/h12-13,16,19,21-22,25-26,28H,8-11,14-15,17-18H2,1-7H3/t19-,21-,22-,25-,26+,28+/m1/s1. The molecule has 0 N–H and O–H groups in total. The molecule has 2 bridgehead atoms. The van der Waals surface area contributed by atoms with Gasteiger partial charge in [-0.2, -0.15) is 8.78 Å². The molecule has 2 fully saturated rings. The summed E-state index contributed by atoms with van der Waals surface area (Å²) < 4.78 is 93.0. The Balaban J connectivity index is 1.63. The molecule has 15 heteroatoms. The maximum atomic E-state index is 16.1. The molecule has 3 heterocycles. The molecule has 1 saturated heterocycles. The van der Waals surface area contributed by atoms with Gasteiger partial charge in [-0.3, -0.25) is 9.59 Å². The molecule has 2 aliphatic heterocycles. The van der Waals surface area contributed by atoms with E-state index in [0.29, 0.717) is 19.3 Å². The zero-order valence-corrected chi connectivity index (χ0v) is 29.9. The van der Waals surface area contributed by atoms with Gasteiger partial charge >= 0.3 is 18.3 Å². The summed E-state index contributed by atoms with van der Waals surface area (Å²) in [4.78, 5) is 51.2. The van der Waals surface area contributed by atoms with Gasteiger partial charge in [-0.15, -0.1) is 13.2 Å². The van der Waals surface area contributed by atoms with Gasteiger partial charge < -0.3 is 23.8 Å². The van der Waals surface area contributed by atoms with Gasteiger partial charge in [-0.25, -0.2) is 14.8 Å². The van der Waals surface area contributed by atoms with Crippen LogP contribution in [0.5, 0.6) is 11.6 Å². The quantitative estimate of drug-likeness (QED) is 0.234. The lowest BCUT2D eigenvalue weighted by Crippen LogP contribution is -2.50. The van der Waals surface area contributed by atoms with Crippen molar-refractivity contribution in [2.24, 2.45) is 23.2 Å². The van der Waals surface area contributed by atoms with Crippen LogP contribution < -0.4 is 9.47 Å². The highest BCUT2D eigenvalue weighted by Gasteiger charge is 2.53. The van der Waals surface area contributed by atoms with E-state index in [4.69, 9.17) is 14.2 Å². The molecule has 0 unspecified atom stereocenters. The molecular formula is C36H46F5N3O7. The average Bonchev–Trinajstić information content (AvgIpc) is 3.61. The first-order chi connectivity index (χ1) is 23.6. The molecule has 1 aromatic carbocycles. The molecule has 1 aromatic heterocycles. The number of rotatable bonds is 3. The molecule has 6 atom stereocenters. The topological polar surface area (TPSA) is 117 Å². The summed E-state index contributed by atoms with van der Waals surface area (Å²) in [5.74, 6) is -8.35. The minimum Gasteiger partial charge on any atom is -0.471 e. The highest BCUT2D eigenvalue weighted by atomic mass is 19.4. The van der Waals surface area contributed by atoms with Crippen molar-refractivity contribution in [2.45, 2.75) is 130 Å². The Kier molecular flexibility index (Phi) is 10.5. The number of carbonyl (C=O) groups excluding carboxylic acids is 3. The van der Waals surface area contributed by atoms with Gasteiger partial charge in [0, 0.05) is 18.4 Å². The highest BCUT2D eigenvalue weighted by molar-refractivity contribution is 5.90. The van der Waals surface area contributed by atoms with Crippen LogP contribution in [0.3, 0.4) is 0 Å². The number of esters is 2. The third kappa shape index (κ3) is 9.18. The normalized spacial score (nSPS) is 27.7. The molecule has 1 aliphatic carbocycles. The van der Waals surface area contributed by atoms with E-state index in [2.05, 4.69) is 14.7 Å². The third-order valence-corrected chi connectivity index (χ3v) is 9.62.